The molecule has 0 saturated heterocycles. The van der Waals surface area contributed by atoms with Crippen molar-refractivity contribution in [1.29, 1.82) is 0 Å². The van der Waals surface area contributed by atoms with Crippen molar-refractivity contribution in [2.45, 2.75) is 18.7 Å². The maximum Gasteiger partial charge on any atom is 0.328 e. The first-order valence-corrected chi connectivity index (χ1v) is 8.01. The molecule has 1 aromatic carbocycles. The van der Waals surface area contributed by atoms with Crippen LogP contribution in [0.3, 0.4) is 0 Å². The van der Waals surface area contributed by atoms with Crippen LogP contribution in [0.2, 0.25) is 0 Å². The summed E-state index contributed by atoms with van der Waals surface area (Å²) >= 11 is 1.44. The highest BCUT2D eigenvalue weighted by molar-refractivity contribution is 7.99. The molecule has 0 aliphatic heterocycles. The molecule has 0 unspecified atom stereocenters. The summed E-state index contributed by atoms with van der Waals surface area (Å²) in [6.07, 6.45) is 2.31. The number of carbonyl (C=O) groups is 1. The predicted octanol–water partition coefficient (Wildman–Crippen LogP) is 3.13. The molecular formula is C15H20N2O4S. The number of rotatable bonds is 9. The number of nitrogens with zero attached hydrogens (tertiary/aromatic N) is 2. The van der Waals surface area contributed by atoms with Gasteiger partial charge < -0.3 is 10.0 Å². The standard InChI is InChI=1S/C15H20N2O4S/c1-3-16(4-2)9-10-22-14-7-5-12(6-8-15(18)19)11-13(14)17(20)21/h5-8,11H,3-4,9-10H2,1-2H3,(H,18,19). The zero-order valence-corrected chi connectivity index (χ0v) is 13.5. The van der Waals surface area contributed by atoms with Crippen molar-refractivity contribution in [2.24, 2.45) is 0 Å². The first-order chi connectivity index (χ1) is 10.5. The van der Waals surface area contributed by atoms with Gasteiger partial charge >= 0.3 is 5.97 Å². The van der Waals surface area contributed by atoms with Crippen LogP contribution in [0.25, 0.3) is 6.08 Å². The maximum absolute atomic E-state index is 11.2. The Hall–Kier alpha value is -1.86. The van der Waals surface area contributed by atoms with Crippen molar-refractivity contribution in [1.82, 2.24) is 4.90 Å². The fourth-order valence-electron chi connectivity index (χ4n) is 1.89. The van der Waals surface area contributed by atoms with Gasteiger partial charge in [-0.05, 0) is 30.8 Å². The predicted molar refractivity (Wildman–Crippen MR) is 88.3 cm³/mol. The zero-order valence-electron chi connectivity index (χ0n) is 12.7. The van der Waals surface area contributed by atoms with E-state index < -0.39 is 10.9 Å². The van der Waals surface area contributed by atoms with E-state index in [1.54, 1.807) is 12.1 Å². The number of hydrogen-bond acceptors (Lipinski definition) is 5. The van der Waals surface area contributed by atoms with E-state index in [0.29, 0.717) is 10.5 Å². The van der Waals surface area contributed by atoms with E-state index in [4.69, 9.17) is 5.11 Å². The molecule has 0 radical (unpaired) electrons. The lowest BCUT2D eigenvalue weighted by Crippen LogP contribution is -2.25. The van der Waals surface area contributed by atoms with Crippen LogP contribution in [-0.2, 0) is 4.79 Å². The first-order valence-electron chi connectivity index (χ1n) is 7.02. The minimum absolute atomic E-state index is 0.0112. The minimum atomic E-state index is -1.08. The molecule has 120 valence electrons. The van der Waals surface area contributed by atoms with Gasteiger partial charge in [-0.2, -0.15) is 0 Å². The summed E-state index contributed by atoms with van der Waals surface area (Å²) in [6, 6.07) is 4.76. The van der Waals surface area contributed by atoms with Crippen molar-refractivity contribution < 1.29 is 14.8 Å². The third-order valence-electron chi connectivity index (χ3n) is 3.16. The van der Waals surface area contributed by atoms with Gasteiger partial charge in [0.1, 0.15) is 0 Å². The summed E-state index contributed by atoms with van der Waals surface area (Å²) < 4.78 is 0. The molecule has 0 saturated carbocycles. The third kappa shape index (κ3) is 5.87. The molecule has 22 heavy (non-hydrogen) atoms. The summed E-state index contributed by atoms with van der Waals surface area (Å²) in [5, 5.41) is 19.8. The Labute approximate surface area is 134 Å². The smallest absolute Gasteiger partial charge is 0.328 e. The Kier molecular flexibility index (Phi) is 7.62. The van der Waals surface area contributed by atoms with Gasteiger partial charge in [-0.1, -0.05) is 19.9 Å². The van der Waals surface area contributed by atoms with E-state index in [9.17, 15) is 14.9 Å². The summed E-state index contributed by atoms with van der Waals surface area (Å²) in [7, 11) is 0. The highest BCUT2D eigenvalue weighted by Crippen LogP contribution is 2.30. The lowest BCUT2D eigenvalue weighted by atomic mass is 10.2. The molecule has 0 amide bonds. The minimum Gasteiger partial charge on any atom is -0.478 e. The average molecular weight is 324 g/mol. The first kappa shape index (κ1) is 18.2. The number of nitro groups is 1. The summed E-state index contributed by atoms with van der Waals surface area (Å²) in [6.45, 7) is 6.95. The molecule has 0 bridgehead atoms. The average Bonchev–Trinajstić information content (AvgIpc) is 2.50. The van der Waals surface area contributed by atoms with Gasteiger partial charge in [0.05, 0.1) is 9.82 Å². The summed E-state index contributed by atoms with van der Waals surface area (Å²) in [4.78, 5) is 24.1. The number of nitro benzene ring substituents is 1. The van der Waals surface area contributed by atoms with Crippen molar-refractivity contribution in [3.8, 4) is 0 Å². The molecule has 0 aliphatic rings. The highest BCUT2D eigenvalue weighted by atomic mass is 32.2. The van der Waals surface area contributed by atoms with Crippen molar-refractivity contribution in [2.75, 3.05) is 25.4 Å². The molecule has 0 atom stereocenters. The molecule has 6 nitrogen and oxygen atoms in total. The van der Waals surface area contributed by atoms with Crippen LogP contribution in [0.1, 0.15) is 19.4 Å². The van der Waals surface area contributed by atoms with E-state index in [-0.39, 0.29) is 5.69 Å². The lowest BCUT2D eigenvalue weighted by molar-refractivity contribution is -0.387. The van der Waals surface area contributed by atoms with Crippen LogP contribution in [0.15, 0.2) is 29.2 Å². The van der Waals surface area contributed by atoms with Crippen molar-refractivity contribution >= 4 is 29.5 Å². The van der Waals surface area contributed by atoms with Crippen LogP contribution < -0.4 is 0 Å². The van der Waals surface area contributed by atoms with Gasteiger partial charge in [-0.15, -0.1) is 11.8 Å². The van der Waals surface area contributed by atoms with Gasteiger partial charge in [0.2, 0.25) is 0 Å². The second-order valence-corrected chi connectivity index (χ2v) is 5.67. The molecule has 1 N–H and O–H groups in total. The molecule has 0 aromatic heterocycles. The molecule has 7 heteroatoms. The van der Waals surface area contributed by atoms with Crippen LogP contribution in [0.5, 0.6) is 0 Å². The molecule has 1 rings (SSSR count). The molecule has 0 heterocycles. The van der Waals surface area contributed by atoms with E-state index in [1.807, 2.05) is 0 Å². The van der Waals surface area contributed by atoms with Crippen LogP contribution in [0, 0.1) is 10.1 Å². The Bertz CT molecular complexity index is 556. The van der Waals surface area contributed by atoms with E-state index >= 15 is 0 Å². The SMILES string of the molecule is CCN(CC)CCSc1ccc(C=CC(=O)O)cc1[N+](=O)[O-]. The Morgan fingerprint density at radius 1 is 1.41 bits per heavy atom. The van der Waals surface area contributed by atoms with Crippen LogP contribution >= 0.6 is 11.8 Å². The number of carboxylic acid groups (broad SMARTS) is 1. The van der Waals surface area contributed by atoms with Gasteiger partial charge in [-0.25, -0.2) is 4.79 Å². The fraction of sp³-hybridized carbons (Fsp3) is 0.400. The second kappa shape index (κ2) is 9.22. The van der Waals surface area contributed by atoms with Crippen LogP contribution in [-0.4, -0.2) is 46.3 Å². The van der Waals surface area contributed by atoms with Gasteiger partial charge in [-0.3, -0.25) is 10.1 Å². The molecule has 0 spiro atoms. The quantitative estimate of drug-likeness (QED) is 0.325. The lowest BCUT2D eigenvalue weighted by Gasteiger charge is -2.17. The van der Waals surface area contributed by atoms with E-state index in [0.717, 1.165) is 31.5 Å². The third-order valence-corrected chi connectivity index (χ3v) is 4.20. The number of carboxylic acids is 1. The Morgan fingerprint density at radius 2 is 2.09 bits per heavy atom. The number of benzene rings is 1. The topological polar surface area (TPSA) is 83.7 Å². The van der Waals surface area contributed by atoms with Gasteiger partial charge in [0.15, 0.2) is 0 Å². The zero-order chi connectivity index (χ0) is 16.5. The fourth-order valence-corrected chi connectivity index (χ4v) is 2.91. The Morgan fingerprint density at radius 3 is 2.64 bits per heavy atom. The van der Waals surface area contributed by atoms with Gasteiger partial charge in [0, 0.05) is 24.4 Å². The van der Waals surface area contributed by atoms with Crippen molar-refractivity contribution in [3.05, 3.63) is 40.0 Å². The molecule has 0 aliphatic carbocycles. The Balaban J connectivity index is 2.82. The highest BCUT2D eigenvalue weighted by Gasteiger charge is 2.14. The molecule has 0 fully saturated rings. The summed E-state index contributed by atoms with van der Waals surface area (Å²) in [5.74, 6) is -0.312. The second-order valence-electron chi connectivity index (χ2n) is 4.53. The number of aliphatic carboxylic acids is 1. The van der Waals surface area contributed by atoms with E-state index in [1.165, 1.54) is 23.9 Å². The molecular weight excluding hydrogens is 304 g/mol. The number of thioether (sulfide) groups is 1. The summed E-state index contributed by atoms with van der Waals surface area (Å²) in [5.41, 5.74) is 0.513. The monoisotopic (exact) mass is 324 g/mol. The largest absolute Gasteiger partial charge is 0.478 e. The van der Waals surface area contributed by atoms with Crippen molar-refractivity contribution in [3.63, 3.8) is 0 Å². The number of hydrogen-bond donors (Lipinski definition) is 1. The van der Waals surface area contributed by atoms with Gasteiger partial charge in [0.25, 0.3) is 5.69 Å². The maximum atomic E-state index is 11.2. The van der Waals surface area contributed by atoms with Crippen LogP contribution in [0.4, 0.5) is 5.69 Å². The molecule has 1 aromatic rings. The van der Waals surface area contributed by atoms with E-state index in [2.05, 4.69) is 18.7 Å². The normalized spacial score (nSPS) is 11.2.